The summed E-state index contributed by atoms with van der Waals surface area (Å²) in [6, 6.07) is 16.9. The summed E-state index contributed by atoms with van der Waals surface area (Å²) in [4.78, 5) is 0. The molecule has 0 amide bonds. The molecule has 0 atom stereocenters. The first-order valence-electron chi connectivity index (χ1n) is 12.1. The molecule has 0 heterocycles. The monoisotopic (exact) mass is 402 g/mol. The first kappa shape index (κ1) is 22.5. The number of rotatable bonds is 9. The molecule has 0 radical (unpaired) electrons. The summed E-state index contributed by atoms with van der Waals surface area (Å²) >= 11 is 0. The van der Waals surface area contributed by atoms with Gasteiger partial charge in [-0.2, -0.15) is 0 Å². The molecule has 1 aliphatic rings. The van der Waals surface area contributed by atoms with E-state index in [1.54, 1.807) is 0 Å². The highest BCUT2D eigenvalue weighted by Crippen LogP contribution is 2.34. The van der Waals surface area contributed by atoms with Gasteiger partial charge >= 0.3 is 0 Å². The Hall–Kier alpha value is -2.20. The molecule has 1 saturated carbocycles. The molecule has 0 aromatic heterocycles. The van der Waals surface area contributed by atoms with Crippen LogP contribution in [0.25, 0.3) is 0 Å². The van der Waals surface area contributed by atoms with E-state index in [0.717, 1.165) is 28.7 Å². The maximum absolute atomic E-state index is 5.48. The summed E-state index contributed by atoms with van der Waals surface area (Å²) in [6.07, 6.45) is 14.1. The molecule has 0 unspecified atom stereocenters. The van der Waals surface area contributed by atoms with Crippen LogP contribution in [0.4, 0.5) is 0 Å². The fraction of sp³-hybridized carbons (Fsp3) is 0.517. The van der Waals surface area contributed by atoms with Gasteiger partial charge in [-0.15, -0.1) is 0 Å². The lowest BCUT2D eigenvalue weighted by molar-refractivity contribution is 0.249. The van der Waals surface area contributed by atoms with E-state index in [-0.39, 0.29) is 0 Å². The van der Waals surface area contributed by atoms with Gasteiger partial charge in [0, 0.05) is 11.1 Å². The van der Waals surface area contributed by atoms with Crippen molar-refractivity contribution in [2.24, 2.45) is 11.8 Å². The summed E-state index contributed by atoms with van der Waals surface area (Å²) in [5.41, 5.74) is 3.56. The second-order valence-corrected chi connectivity index (χ2v) is 8.83. The van der Waals surface area contributed by atoms with E-state index < -0.39 is 0 Å². The van der Waals surface area contributed by atoms with Crippen LogP contribution in [0.2, 0.25) is 0 Å². The third-order valence-electron chi connectivity index (χ3n) is 6.49. The van der Waals surface area contributed by atoms with Crippen LogP contribution in [-0.2, 0) is 6.42 Å². The molecule has 0 bridgehead atoms. The summed E-state index contributed by atoms with van der Waals surface area (Å²) in [5, 5.41) is 0. The van der Waals surface area contributed by atoms with Crippen molar-refractivity contribution in [2.45, 2.75) is 78.1 Å². The number of hydrogen-bond acceptors (Lipinski definition) is 1. The molecule has 1 heteroatoms. The second kappa shape index (κ2) is 12.5. The van der Waals surface area contributed by atoms with Crippen molar-refractivity contribution < 1.29 is 4.74 Å². The van der Waals surface area contributed by atoms with Gasteiger partial charge in [0.1, 0.15) is 5.75 Å². The number of benzene rings is 2. The van der Waals surface area contributed by atoms with Gasteiger partial charge in [-0.05, 0) is 73.6 Å². The average Bonchev–Trinajstić information content (AvgIpc) is 2.79. The molecule has 0 N–H and O–H groups in total. The fourth-order valence-corrected chi connectivity index (χ4v) is 4.56. The van der Waals surface area contributed by atoms with E-state index >= 15 is 0 Å². The molecular weight excluding hydrogens is 364 g/mol. The lowest BCUT2D eigenvalue weighted by atomic mass is 9.78. The predicted octanol–water partition coefficient (Wildman–Crippen LogP) is 7.80. The van der Waals surface area contributed by atoms with Crippen LogP contribution in [-0.4, -0.2) is 6.61 Å². The smallest absolute Gasteiger partial charge is 0.119 e. The lowest BCUT2D eigenvalue weighted by Gasteiger charge is -2.28. The van der Waals surface area contributed by atoms with Crippen LogP contribution in [0.3, 0.4) is 0 Å². The topological polar surface area (TPSA) is 9.23 Å². The highest BCUT2D eigenvalue weighted by molar-refractivity contribution is 5.44. The van der Waals surface area contributed by atoms with E-state index in [2.05, 4.69) is 43.0 Å². The molecule has 1 nitrogen and oxygen atoms in total. The Labute approximate surface area is 184 Å². The van der Waals surface area contributed by atoms with Gasteiger partial charge < -0.3 is 4.74 Å². The van der Waals surface area contributed by atoms with Gasteiger partial charge in [0.2, 0.25) is 0 Å². The Bertz CT molecular complexity index is 783. The van der Waals surface area contributed by atoms with Crippen LogP contribution >= 0.6 is 0 Å². The zero-order valence-electron chi connectivity index (χ0n) is 19.0. The summed E-state index contributed by atoms with van der Waals surface area (Å²) in [5.74, 6) is 9.38. The van der Waals surface area contributed by atoms with Crippen LogP contribution in [0.15, 0.2) is 48.5 Å². The van der Waals surface area contributed by atoms with Crippen molar-refractivity contribution in [3.05, 3.63) is 65.2 Å². The number of aryl methyl sites for hydroxylation is 1. The van der Waals surface area contributed by atoms with Crippen molar-refractivity contribution in [2.75, 3.05) is 6.61 Å². The number of hydrogen-bond donors (Lipinski definition) is 0. The standard InChI is InChI=1S/C29H38O/c1-3-5-6-7-24-8-10-25(11-9-24)12-13-26-14-16-27(17-15-26)18-19-28-20-22-29(23-21-28)30-4-2/h14-17,20-25H,3-13H2,1-2H3. The first-order valence-corrected chi connectivity index (χ1v) is 12.1. The van der Waals surface area contributed by atoms with Crippen LogP contribution in [0.5, 0.6) is 5.75 Å². The Morgan fingerprint density at radius 1 is 0.733 bits per heavy atom. The van der Waals surface area contributed by atoms with Gasteiger partial charge in [-0.1, -0.05) is 82.3 Å². The maximum atomic E-state index is 5.48. The third kappa shape index (κ3) is 7.56. The third-order valence-corrected chi connectivity index (χ3v) is 6.49. The molecule has 30 heavy (non-hydrogen) atoms. The van der Waals surface area contributed by atoms with Crippen molar-refractivity contribution >= 4 is 0 Å². The van der Waals surface area contributed by atoms with Gasteiger partial charge in [0.25, 0.3) is 0 Å². The minimum absolute atomic E-state index is 0.692. The van der Waals surface area contributed by atoms with Crippen LogP contribution in [0, 0.1) is 23.7 Å². The molecule has 1 fully saturated rings. The second-order valence-electron chi connectivity index (χ2n) is 8.83. The van der Waals surface area contributed by atoms with Gasteiger partial charge in [0.15, 0.2) is 0 Å². The van der Waals surface area contributed by atoms with E-state index in [1.165, 1.54) is 69.8 Å². The highest BCUT2D eigenvalue weighted by Gasteiger charge is 2.20. The molecule has 0 aliphatic heterocycles. The quantitative estimate of drug-likeness (QED) is 0.307. The minimum Gasteiger partial charge on any atom is -0.494 e. The SMILES string of the molecule is CCCCCC1CCC(CCc2ccc(C#Cc3ccc(OCC)cc3)cc2)CC1. The Kier molecular flexibility index (Phi) is 9.36. The highest BCUT2D eigenvalue weighted by atomic mass is 16.5. The van der Waals surface area contributed by atoms with Crippen molar-refractivity contribution in [3.8, 4) is 17.6 Å². The van der Waals surface area contributed by atoms with E-state index in [0.29, 0.717) is 6.61 Å². The zero-order valence-corrected chi connectivity index (χ0v) is 19.0. The van der Waals surface area contributed by atoms with Gasteiger partial charge in [0.05, 0.1) is 6.61 Å². The van der Waals surface area contributed by atoms with E-state index in [4.69, 9.17) is 4.74 Å². The largest absolute Gasteiger partial charge is 0.494 e. The van der Waals surface area contributed by atoms with Gasteiger partial charge in [-0.25, -0.2) is 0 Å². The Morgan fingerprint density at radius 3 is 1.87 bits per heavy atom. The molecular formula is C29H38O. The molecule has 2 aromatic rings. The van der Waals surface area contributed by atoms with E-state index in [1.807, 2.05) is 31.2 Å². The summed E-state index contributed by atoms with van der Waals surface area (Å²) < 4.78 is 5.48. The van der Waals surface area contributed by atoms with E-state index in [9.17, 15) is 0 Å². The Balaban J connectivity index is 1.41. The molecule has 3 rings (SSSR count). The Morgan fingerprint density at radius 2 is 1.30 bits per heavy atom. The molecule has 160 valence electrons. The zero-order chi connectivity index (χ0) is 21.0. The van der Waals surface area contributed by atoms with Crippen LogP contribution in [0.1, 0.15) is 88.3 Å². The van der Waals surface area contributed by atoms with Crippen molar-refractivity contribution in [1.82, 2.24) is 0 Å². The minimum atomic E-state index is 0.692. The van der Waals surface area contributed by atoms with Gasteiger partial charge in [-0.3, -0.25) is 0 Å². The molecule has 0 saturated heterocycles. The lowest BCUT2D eigenvalue weighted by Crippen LogP contribution is -2.15. The number of ether oxygens (including phenoxy) is 1. The average molecular weight is 403 g/mol. The summed E-state index contributed by atoms with van der Waals surface area (Å²) in [7, 11) is 0. The molecule has 2 aromatic carbocycles. The van der Waals surface area contributed by atoms with Crippen LogP contribution < -0.4 is 4.74 Å². The summed E-state index contributed by atoms with van der Waals surface area (Å²) in [6.45, 7) is 4.99. The van der Waals surface area contributed by atoms with Crippen molar-refractivity contribution in [3.63, 3.8) is 0 Å². The van der Waals surface area contributed by atoms with Crippen molar-refractivity contribution in [1.29, 1.82) is 0 Å². The maximum Gasteiger partial charge on any atom is 0.119 e. The predicted molar refractivity (Wildman–Crippen MR) is 128 cm³/mol. The normalized spacial score (nSPS) is 18.5. The number of unbranched alkanes of at least 4 members (excludes halogenated alkanes) is 2. The first-order chi connectivity index (χ1) is 14.8. The molecule has 1 aliphatic carbocycles. The fourth-order valence-electron chi connectivity index (χ4n) is 4.56. The molecule has 0 spiro atoms.